The molecular formula is C17H21N3O4S. The van der Waals surface area contributed by atoms with Gasteiger partial charge in [0.15, 0.2) is 5.76 Å². The highest BCUT2D eigenvalue weighted by atomic mass is 32.2. The van der Waals surface area contributed by atoms with E-state index in [1.165, 1.54) is 6.26 Å². The van der Waals surface area contributed by atoms with E-state index in [4.69, 9.17) is 4.42 Å². The van der Waals surface area contributed by atoms with Crippen LogP contribution in [0.15, 0.2) is 53.1 Å². The topological polar surface area (TPSA) is 91.7 Å². The number of carbonyl (C=O) groups is 1. The molecule has 2 aromatic rings. The molecule has 134 valence electrons. The first-order valence-electron chi connectivity index (χ1n) is 8.17. The Kier molecular flexibility index (Phi) is 5.52. The second-order valence-corrected chi connectivity index (χ2v) is 7.53. The molecule has 7 nitrogen and oxygen atoms in total. The van der Waals surface area contributed by atoms with E-state index in [-0.39, 0.29) is 24.3 Å². The van der Waals surface area contributed by atoms with Gasteiger partial charge in [-0.25, -0.2) is 0 Å². The Bertz CT molecular complexity index is 791. The Balaban J connectivity index is 1.55. The van der Waals surface area contributed by atoms with Gasteiger partial charge in [-0.05, 0) is 30.5 Å². The van der Waals surface area contributed by atoms with Crippen LogP contribution in [0.4, 0.5) is 0 Å². The molecule has 3 rings (SSSR count). The summed E-state index contributed by atoms with van der Waals surface area (Å²) in [4.78, 5) is 13.9. The lowest BCUT2D eigenvalue weighted by atomic mass is 10.1. The van der Waals surface area contributed by atoms with Gasteiger partial charge in [0, 0.05) is 25.7 Å². The van der Waals surface area contributed by atoms with Crippen molar-refractivity contribution in [1.29, 1.82) is 0 Å². The minimum absolute atomic E-state index is 0.217. The molecule has 25 heavy (non-hydrogen) atoms. The third-order valence-corrected chi connectivity index (χ3v) is 5.24. The zero-order chi connectivity index (χ0) is 17.7. The molecule has 1 unspecified atom stereocenters. The van der Waals surface area contributed by atoms with Crippen molar-refractivity contribution in [1.82, 2.24) is 14.3 Å². The van der Waals surface area contributed by atoms with Crippen molar-refractivity contribution in [2.75, 3.05) is 13.1 Å². The molecule has 1 fully saturated rings. The summed E-state index contributed by atoms with van der Waals surface area (Å²) in [6, 6.07) is 12.2. The summed E-state index contributed by atoms with van der Waals surface area (Å²) in [6.07, 6.45) is 2.87. The number of rotatable bonds is 6. The standard InChI is InChI=1S/C17H21N3O4S/c21-17(16-9-5-11-24-16)20-10-4-8-15(13-20)19-25(22,23)18-12-14-6-2-1-3-7-14/h1-3,5-7,9,11,15,18-19H,4,8,10,12-13H2. The highest BCUT2D eigenvalue weighted by Crippen LogP contribution is 2.14. The van der Waals surface area contributed by atoms with Crippen LogP contribution < -0.4 is 9.44 Å². The Labute approximate surface area is 147 Å². The number of piperidine rings is 1. The summed E-state index contributed by atoms with van der Waals surface area (Å²) in [5.41, 5.74) is 0.881. The van der Waals surface area contributed by atoms with Crippen molar-refractivity contribution in [3.8, 4) is 0 Å². The van der Waals surface area contributed by atoms with Crippen molar-refractivity contribution in [3.63, 3.8) is 0 Å². The highest BCUT2D eigenvalue weighted by Gasteiger charge is 2.28. The van der Waals surface area contributed by atoms with Crippen molar-refractivity contribution >= 4 is 16.1 Å². The summed E-state index contributed by atoms with van der Waals surface area (Å²) in [6.45, 7) is 1.14. The Morgan fingerprint density at radius 3 is 2.72 bits per heavy atom. The molecule has 1 amide bonds. The fraction of sp³-hybridized carbons (Fsp3) is 0.353. The summed E-state index contributed by atoms with van der Waals surface area (Å²) in [5, 5.41) is 0. The number of nitrogens with one attached hydrogen (secondary N) is 2. The molecule has 0 saturated carbocycles. The Hall–Kier alpha value is -2.16. The summed E-state index contributed by atoms with van der Waals surface area (Å²) in [7, 11) is -3.64. The molecule has 0 radical (unpaired) electrons. The highest BCUT2D eigenvalue weighted by molar-refractivity contribution is 7.87. The number of benzene rings is 1. The van der Waals surface area contributed by atoms with Gasteiger partial charge in [0.2, 0.25) is 0 Å². The largest absolute Gasteiger partial charge is 0.459 e. The van der Waals surface area contributed by atoms with Crippen LogP contribution in [0.2, 0.25) is 0 Å². The van der Waals surface area contributed by atoms with Crippen LogP contribution in [0.3, 0.4) is 0 Å². The van der Waals surface area contributed by atoms with E-state index < -0.39 is 10.2 Å². The van der Waals surface area contributed by atoms with Gasteiger partial charge in [-0.2, -0.15) is 17.9 Å². The van der Waals surface area contributed by atoms with Gasteiger partial charge in [0.1, 0.15) is 0 Å². The maximum atomic E-state index is 12.3. The minimum atomic E-state index is -3.64. The van der Waals surface area contributed by atoms with E-state index >= 15 is 0 Å². The van der Waals surface area contributed by atoms with Gasteiger partial charge in [0.25, 0.3) is 16.1 Å². The third-order valence-electron chi connectivity index (χ3n) is 4.07. The fourth-order valence-electron chi connectivity index (χ4n) is 2.85. The fourth-order valence-corrected chi connectivity index (χ4v) is 3.92. The molecule has 1 atom stereocenters. The van der Waals surface area contributed by atoms with Gasteiger partial charge < -0.3 is 9.32 Å². The molecule has 2 N–H and O–H groups in total. The van der Waals surface area contributed by atoms with E-state index in [0.29, 0.717) is 19.5 Å². The van der Waals surface area contributed by atoms with Crippen molar-refractivity contribution in [2.45, 2.75) is 25.4 Å². The number of carbonyl (C=O) groups excluding carboxylic acids is 1. The molecular weight excluding hydrogens is 342 g/mol. The third kappa shape index (κ3) is 4.91. The quantitative estimate of drug-likeness (QED) is 0.814. The first-order chi connectivity index (χ1) is 12.0. The molecule has 1 aliphatic rings. The average Bonchev–Trinajstić information content (AvgIpc) is 3.15. The Morgan fingerprint density at radius 1 is 1.20 bits per heavy atom. The minimum Gasteiger partial charge on any atom is -0.459 e. The van der Waals surface area contributed by atoms with Crippen LogP contribution >= 0.6 is 0 Å². The molecule has 0 bridgehead atoms. The second-order valence-electron chi connectivity index (χ2n) is 6.00. The van der Waals surface area contributed by atoms with Gasteiger partial charge in [-0.1, -0.05) is 30.3 Å². The molecule has 1 saturated heterocycles. The van der Waals surface area contributed by atoms with Crippen molar-refractivity contribution in [2.24, 2.45) is 0 Å². The second kappa shape index (κ2) is 7.81. The van der Waals surface area contributed by atoms with Crippen LogP contribution in [0.1, 0.15) is 29.0 Å². The first-order valence-corrected chi connectivity index (χ1v) is 9.65. The van der Waals surface area contributed by atoms with Gasteiger partial charge in [-0.15, -0.1) is 0 Å². The molecule has 2 heterocycles. The maximum absolute atomic E-state index is 12.3. The monoisotopic (exact) mass is 363 g/mol. The lowest BCUT2D eigenvalue weighted by molar-refractivity contribution is 0.0671. The predicted octanol–water partition coefficient (Wildman–Crippen LogP) is 1.51. The maximum Gasteiger partial charge on any atom is 0.289 e. The number of hydrogen-bond donors (Lipinski definition) is 2. The van der Waals surface area contributed by atoms with Gasteiger partial charge in [-0.3, -0.25) is 4.79 Å². The van der Waals surface area contributed by atoms with Crippen LogP contribution in [-0.4, -0.2) is 38.4 Å². The molecule has 0 aliphatic carbocycles. The number of amides is 1. The number of nitrogens with zero attached hydrogens (tertiary/aromatic N) is 1. The summed E-state index contributed by atoms with van der Waals surface area (Å²) in [5.74, 6) is 0.0526. The van der Waals surface area contributed by atoms with Crippen LogP contribution in [-0.2, 0) is 16.8 Å². The molecule has 0 spiro atoms. The summed E-state index contributed by atoms with van der Waals surface area (Å²) < 4.78 is 34.8. The molecule has 1 aromatic carbocycles. The average molecular weight is 363 g/mol. The van der Waals surface area contributed by atoms with Crippen LogP contribution in [0, 0.1) is 0 Å². The van der Waals surface area contributed by atoms with E-state index in [9.17, 15) is 13.2 Å². The first kappa shape index (κ1) is 17.7. The lowest BCUT2D eigenvalue weighted by Crippen LogP contribution is -2.51. The van der Waals surface area contributed by atoms with Crippen LogP contribution in [0.5, 0.6) is 0 Å². The van der Waals surface area contributed by atoms with E-state index in [2.05, 4.69) is 9.44 Å². The zero-order valence-electron chi connectivity index (χ0n) is 13.7. The summed E-state index contributed by atoms with van der Waals surface area (Å²) >= 11 is 0. The number of likely N-dealkylation sites (tertiary alicyclic amines) is 1. The number of furan rings is 1. The lowest BCUT2D eigenvalue weighted by Gasteiger charge is -2.32. The van der Waals surface area contributed by atoms with Crippen molar-refractivity contribution in [3.05, 3.63) is 60.1 Å². The van der Waals surface area contributed by atoms with E-state index in [1.54, 1.807) is 17.0 Å². The number of hydrogen-bond acceptors (Lipinski definition) is 4. The smallest absolute Gasteiger partial charge is 0.289 e. The molecule has 8 heteroatoms. The Morgan fingerprint density at radius 2 is 2.00 bits per heavy atom. The van der Waals surface area contributed by atoms with Crippen LogP contribution in [0.25, 0.3) is 0 Å². The zero-order valence-corrected chi connectivity index (χ0v) is 14.5. The van der Waals surface area contributed by atoms with E-state index in [1.807, 2.05) is 30.3 Å². The van der Waals surface area contributed by atoms with Gasteiger partial charge >= 0.3 is 0 Å². The van der Waals surface area contributed by atoms with Crippen molar-refractivity contribution < 1.29 is 17.6 Å². The predicted molar refractivity (Wildman–Crippen MR) is 93.0 cm³/mol. The van der Waals surface area contributed by atoms with Gasteiger partial charge in [0.05, 0.1) is 6.26 Å². The normalized spacial score (nSPS) is 18.2. The molecule has 1 aliphatic heterocycles. The van der Waals surface area contributed by atoms with E-state index in [0.717, 1.165) is 12.0 Å². The molecule has 1 aromatic heterocycles. The SMILES string of the molecule is O=C(c1ccco1)N1CCCC(NS(=O)(=O)NCc2ccccc2)C1.